The molecule has 0 bridgehead atoms. The maximum atomic E-state index is 12.7. The van der Waals surface area contributed by atoms with Gasteiger partial charge in [-0.05, 0) is 74.6 Å². The van der Waals surface area contributed by atoms with Gasteiger partial charge in [0, 0.05) is 41.6 Å². The second-order valence-electron chi connectivity index (χ2n) is 8.08. The third kappa shape index (κ3) is 4.97. The molecule has 4 rings (SSSR count). The van der Waals surface area contributed by atoms with Gasteiger partial charge >= 0.3 is 0 Å². The van der Waals surface area contributed by atoms with E-state index in [0.29, 0.717) is 11.1 Å². The quantitative estimate of drug-likeness (QED) is 0.783. The second kappa shape index (κ2) is 9.12. The van der Waals surface area contributed by atoms with Crippen molar-refractivity contribution in [3.05, 3.63) is 59.7 Å². The Balaban J connectivity index is 1.38. The van der Waals surface area contributed by atoms with E-state index in [1.54, 1.807) is 24.3 Å². The molecule has 2 aromatic carbocycles. The lowest BCUT2D eigenvalue weighted by Gasteiger charge is -2.28. The van der Waals surface area contributed by atoms with E-state index in [1.165, 1.54) is 37.8 Å². The zero-order valence-electron chi connectivity index (χ0n) is 16.8. The molecule has 152 valence electrons. The Labute approximate surface area is 172 Å². The Bertz CT molecular complexity index is 851. The lowest BCUT2D eigenvalue weighted by Crippen LogP contribution is -2.32. The monoisotopic (exact) mass is 391 g/mol. The average Bonchev–Trinajstić information content (AvgIpc) is 3.28. The summed E-state index contributed by atoms with van der Waals surface area (Å²) >= 11 is 0. The number of piperidine rings is 1. The van der Waals surface area contributed by atoms with E-state index in [0.717, 1.165) is 31.6 Å². The van der Waals surface area contributed by atoms with Gasteiger partial charge in [0.25, 0.3) is 11.8 Å². The van der Waals surface area contributed by atoms with Gasteiger partial charge in [0.1, 0.15) is 0 Å². The summed E-state index contributed by atoms with van der Waals surface area (Å²) in [7, 11) is 0. The standard InChI is InChI=1S/C24H29N3O2/c28-23(25-20-9-2-3-10-20)18-7-6-8-19(17-18)24(29)26-21-11-13-22(14-12-21)27-15-4-1-5-16-27/h6-8,11-14,17,20H,1-5,9-10,15-16H2,(H,25,28)(H,26,29). The van der Waals surface area contributed by atoms with Crippen LogP contribution in [0.5, 0.6) is 0 Å². The molecule has 5 nitrogen and oxygen atoms in total. The van der Waals surface area contributed by atoms with Crippen LogP contribution in [0.1, 0.15) is 65.7 Å². The highest BCUT2D eigenvalue weighted by Crippen LogP contribution is 2.22. The number of rotatable bonds is 5. The topological polar surface area (TPSA) is 61.4 Å². The molecule has 2 N–H and O–H groups in total. The molecule has 2 aliphatic rings. The van der Waals surface area contributed by atoms with Crippen molar-refractivity contribution in [2.45, 2.75) is 51.0 Å². The van der Waals surface area contributed by atoms with E-state index in [2.05, 4.69) is 27.7 Å². The first kappa shape index (κ1) is 19.5. The molecular formula is C24H29N3O2. The fourth-order valence-electron chi connectivity index (χ4n) is 4.25. The summed E-state index contributed by atoms with van der Waals surface area (Å²) in [6.45, 7) is 2.20. The molecule has 1 aliphatic carbocycles. The van der Waals surface area contributed by atoms with Crippen LogP contribution in [-0.2, 0) is 0 Å². The molecule has 2 fully saturated rings. The molecule has 2 amide bonds. The summed E-state index contributed by atoms with van der Waals surface area (Å²) in [4.78, 5) is 27.5. The van der Waals surface area contributed by atoms with Crippen LogP contribution >= 0.6 is 0 Å². The van der Waals surface area contributed by atoms with Crippen LogP contribution in [0.25, 0.3) is 0 Å². The van der Waals surface area contributed by atoms with E-state index in [-0.39, 0.29) is 17.9 Å². The van der Waals surface area contributed by atoms with Crippen LogP contribution in [0.2, 0.25) is 0 Å². The number of carbonyl (C=O) groups excluding carboxylic acids is 2. The second-order valence-corrected chi connectivity index (χ2v) is 8.08. The highest BCUT2D eigenvalue weighted by atomic mass is 16.2. The average molecular weight is 392 g/mol. The minimum Gasteiger partial charge on any atom is -0.372 e. The molecule has 1 saturated carbocycles. The van der Waals surface area contributed by atoms with Gasteiger partial charge in [-0.3, -0.25) is 9.59 Å². The summed E-state index contributed by atoms with van der Waals surface area (Å²) in [5.74, 6) is -0.302. The zero-order valence-corrected chi connectivity index (χ0v) is 16.8. The normalized spacial score (nSPS) is 17.2. The number of benzene rings is 2. The number of hydrogen-bond acceptors (Lipinski definition) is 3. The minimum atomic E-state index is -0.203. The van der Waals surface area contributed by atoms with Crippen molar-refractivity contribution < 1.29 is 9.59 Å². The highest BCUT2D eigenvalue weighted by molar-refractivity contribution is 6.06. The SMILES string of the molecule is O=C(Nc1ccc(N2CCCCC2)cc1)c1cccc(C(=O)NC2CCCC2)c1. The maximum Gasteiger partial charge on any atom is 0.255 e. The highest BCUT2D eigenvalue weighted by Gasteiger charge is 2.19. The van der Waals surface area contributed by atoms with Crippen LogP contribution < -0.4 is 15.5 Å². The number of anilines is 2. The molecule has 5 heteroatoms. The predicted octanol–water partition coefficient (Wildman–Crippen LogP) is 4.60. The van der Waals surface area contributed by atoms with Gasteiger partial charge in [-0.25, -0.2) is 0 Å². The molecule has 0 unspecified atom stereocenters. The van der Waals surface area contributed by atoms with Gasteiger partial charge in [0.2, 0.25) is 0 Å². The number of carbonyl (C=O) groups is 2. The largest absolute Gasteiger partial charge is 0.372 e. The van der Waals surface area contributed by atoms with Gasteiger partial charge in [-0.1, -0.05) is 18.9 Å². The van der Waals surface area contributed by atoms with Crippen LogP contribution in [0.4, 0.5) is 11.4 Å². The number of hydrogen-bond donors (Lipinski definition) is 2. The molecule has 0 spiro atoms. The molecular weight excluding hydrogens is 362 g/mol. The molecule has 0 aromatic heterocycles. The fourth-order valence-corrected chi connectivity index (χ4v) is 4.25. The van der Waals surface area contributed by atoms with Crippen LogP contribution in [0, 0.1) is 0 Å². The van der Waals surface area contributed by atoms with Crippen molar-refractivity contribution in [2.24, 2.45) is 0 Å². The molecule has 29 heavy (non-hydrogen) atoms. The molecule has 2 aromatic rings. The van der Waals surface area contributed by atoms with E-state index in [4.69, 9.17) is 0 Å². The van der Waals surface area contributed by atoms with Crippen LogP contribution in [0.3, 0.4) is 0 Å². The first-order valence-electron chi connectivity index (χ1n) is 10.8. The summed E-state index contributed by atoms with van der Waals surface area (Å²) in [6, 6.07) is 15.2. The van der Waals surface area contributed by atoms with Crippen molar-refractivity contribution in [3.8, 4) is 0 Å². The van der Waals surface area contributed by atoms with Crippen LogP contribution in [0.15, 0.2) is 48.5 Å². The van der Waals surface area contributed by atoms with Gasteiger partial charge in [-0.15, -0.1) is 0 Å². The summed E-state index contributed by atoms with van der Waals surface area (Å²) < 4.78 is 0. The lowest BCUT2D eigenvalue weighted by atomic mass is 10.1. The van der Waals surface area contributed by atoms with Gasteiger partial charge < -0.3 is 15.5 Å². The van der Waals surface area contributed by atoms with Crippen molar-refractivity contribution in [3.63, 3.8) is 0 Å². The number of nitrogens with one attached hydrogen (secondary N) is 2. The molecule has 0 radical (unpaired) electrons. The summed E-state index contributed by atoms with van der Waals surface area (Å²) in [6.07, 6.45) is 8.21. The summed E-state index contributed by atoms with van der Waals surface area (Å²) in [5.41, 5.74) is 2.99. The van der Waals surface area contributed by atoms with Gasteiger partial charge in [0.05, 0.1) is 0 Å². The Hall–Kier alpha value is -2.82. The van der Waals surface area contributed by atoms with Crippen molar-refractivity contribution >= 4 is 23.2 Å². The van der Waals surface area contributed by atoms with Gasteiger partial charge in [0.15, 0.2) is 0 Å². The van der Waals surface area contributed by atoms with E-state index in [1.807, 2.05) is 12.1 Å². The van der Waals surface area contributed by atoms with Crippen molar-refractivity contribution in [2.75, 3.05) is 23.3 Å². The van der Waals surface area contributed by atoms with Crippen molar-refractivity contribution in [1.82, 2.24) is 5.32 Å². The van der Waals surface area contributed by atoms with E-state index in [9.17, 15) is 9.59 Å². The molecule has 1 heterocycles. The minimum absolute atomic E-state index is 0.0996. The lowest BCUT2D eigenvalue weighted by molar-refractivity contribution is 0.0938. The molecule has 0 atom stereocenters. The Morgan fingerprint density at radius 1 is 0.793 bits per heavy atom. The predicted molar refractivity (Wildman–Crippen MR) is 117 cm³/mol. The summed E-state index contributed by atoms with van der Waals surface area (Å²) in [5, 5.41) is 6.01. The first-order valence-corrected chi connectivity index (χ1v) is 10.8. The Kier molecular flexibility index (Phi) is 6.13. The number of amides is 2. The Morgan fingerprint density at radius 2 is 1.45 bits per heavy atom. The van der Waals surface area contributed by atoms with Gasteiger partial charge in [-0.2, -0.15) is 0 Å². The molecule has 1 aliphatic heterocycles. The smallest absolute Gasteiger partial charge is 0.255 e. The zero-order chi connectivity index (χ0) is 20.1. The van der Waals surface area contributed by atoms with E-state index >= 15 is 0 Å². The number of nitrogens with zero attached hydrogens (tertiary/aromatic N) is 1. The molecule has 1 saturated heterocycles. The third-order valence-corrected chi connectivity index (χ3v) is 5.92. The first-order chi connectivity index (χ1) is 14.2. The maximum absolute atomic E-state index is 12.7. The van der Waals surface area contributed by atoms with Crippen LogP contribution in [-0.4, -0.2) is 30.9 Å². The fraction of sp³-hybridized carbons (Fsp3) is 0.417. The third-order valence-electron chi connectivity index (χ3n) is 5.92. The Morgan fingerprint density at radius 3 is 2.14 bits per heavy atom. The van der Waals surface area contributed by atoms with Crippen molar-refractivity contribution in [1.29, 1.82) is 0 Å². The van der Waals surface area contributed by atoms with E-state index < -0.39 is 0 Å².